The molecule has 0 bridgehead atoms. The van der Waals surface area contributed by atoms with Gasteiger partial charge in [-0.3, -0.25) is 4.79 Å². The molecule has 0 amide bonds. The fourth-order valence-electron chi connectivity index (χ4n) is 1.07. The van der Waals surface area contributed by atoms with Crippen molar-refractivity contribution in [2.75, 3.05) is 0 Å². The van der Waals surface area contributed by atoms with Gasteiger partial charge in [-0.15, -0.1) is 0 Å². The van der Waals surface area contributed by atoms with E-state index in [9.17, 15) is 14.0 Å². The van der Waals surface area contributed by atoms with Gasteiger partial charge in [-0.2, -0.15) is 5.26 Å². The van der Waals surface area contributed by atoms with Crippen molar-refractivity contribution in [2.45, 2.75) is 6.42 Å². The van der Waals surface area contributed by atoms with Crippen molar-refractivity contribution < 1.29 is 19.1 Å². The van der Waals surface area contributed by atoms with Gasteiger partial charge in [0.25, 0.3) is 0 Å². The number of benzene rings is 1. The highest BCUT2D eigenvalue weighted by molar-refractivity contribution is 6.33. The molecular weight excluding hydrogens is 201 g/mol. The van der Waals surface area contributed by atoms with Crippen molar-refractivity contribution in [3.8, 4) is 6.07 Å². The molecule has 0 heterocycles. The minimum Gasteiger partial charge on any atom is -0.475 e. The SMILES string of the molecule is N#Cc1ccc(F)cc1CC(=O)C(=O)O. The lowest BCUT2D eigenvalue weighted by atomic mass is 10.0. The van der Waals surface area contributed by atoms with Crippen molar-refractivity contribution in [3.05, 3.63) is 35.1 Å². The van der Waals surface area contributed by atoms with E-state index < -0.39 is 24.0 Å². The average Bonchev–Trinajstić information content (AvgIpc) is 2.18. The van der Waals surface area contributed by atoms with E-state index in [-0.39, 0.29) is 11.1 Å². The van der Waals surface area contributed by atoms with Gasteiger partial charge in [0.05, 0.1) is 11.6 Å². The van der Waals surface area contributed by atoms with Crippen LogP contribution in [0.3, 0.4) is 0 Å². The number of halogens is 1. The van der Waals surface area contributed by atoms with Gasteiger partial charge >= 0.3 is 5.97 Å². The van der Waals surface area contributed by atoms with E-state index in [0.29, 0.717) is 0 Å². The Balaban J connectivity index is 3.04. The third-order valence-electron chi connectivity index (χ3n) is 1.78. The number of nitriles is 1. The minimum atomic E-state index is -1.59. The van der Waals surface area contributed by atoms with Gasteiger partial charge in [-0.25, -0.2) is 9.18 Å². The highest BCUT2D eigenvalue weighted by Gasteiger charge is 2.15. The Kier molecular flexibility index (Phi) is 3.13. The number of carbonyl (C=O) groups is 2. The molecule has 0 atom stereocenters. The molecule has 0 saturated heterocycles. The van der Waals surface area contributed by atoms with Crippen molar-refractivity contribution in [1.82, 2.24) is 0 Å². The van der Waals surface area contributed by atoms with Gasteiger partial charge in [0.2, 0.25) is 5.78 Å². The first kappa shape index (κ1) is 10.9. The molecule has 0 aliphatic rings. The van der Waals surface area contributed by atoms with Gasteiger partial charge in [0, 0.05) is 6.42 Å². The third kappa shape index (κ3) is 2.61. The van der Waals surface area contributed by atoms with Crippen LogP contribution < -0.4 is 0 Å². The van der Waals surface area contributed by atoms with Crippen LogP contribution in [0.1, 0.15) is 11.1 Å². The van der Waals surface area contributed by atoms with E-state index in [1.807, 2.05) is 0 Å². The second kappa shape index (κ2) is 4.33. The van der Waals surface area contributed by atoms with Crippen LogP contribution in [0.25, 0.3) is 0 Å². The molecule has 1 N–H and O–H groups in total. The van der Waals surface area contributed by atoms with Crippen LogP contribution in [0.15, 0.2) is 18.2 Å². The summed E-state index contributed by atoms with van der Waals surface area (Å²) in [6.45, 7) is 0. The van der Waals surface area contributed by atoms with Gasteiger partial charge in [-0.05, 0) is 23.8 Å². The Bertz CT molecular complexity index is 462. The molecule has 0 unspecified atom stereocenters. The molecule has 0 aromatic heterocycles. The fraction of sp³-hybridized carbons (Fsp3) is 0.100. The summed E-state index contributed by atoms with van der Waals surface area (Å²) in [5, 5.41) is 17.0. The molecule has 0 saturated carbocycles. The number of nitrogens with zero attached hydrogens (tertiary/aromatic N) is 1. The Morgan fingerprint density at radius 3 is 2.67 bits per heavy atom. The van der Waals surface area contributed by atoms with Crippen LogP contribution in [0.4, 0.5) is 4.39 Å². The zero-order valence-corrected chi connectivity index (χ0v) is 7.53. The lowest BCUT2D eigenvalue weighted by molar-refractivity contribution is -0.148. The normalized spacial score (nSPS) is 9.33. The zero-order valence-electron chi connectivity index (χ0n) is 7.53. The molecule has 4 nitrogen and oxygen atoms in total. The highest BCUT2D eigenvalue weighted by atomic mass is 19.1. The van der Waals surface area contributed by atoms with Crippen molar-refractivity contribution >= 4 is 11.8 Å². The Morgan fingerprint density at radius 2 is 2.13 bits per heavy atom. The Labute approximate surface area is 84.6 Å². The fourth-order valence-corrected chi connectivity index (χ4v) is 1.07. The van der Waals surface area contributed by atoms with E-state index in [0.717, 1.165) is 12.1 Å². The number of carboxylic acid groups (broad SMARTS) is 1. The molecule has 1 aromatic carbocycles. The van der Waals surface area contributed by atoms with Crippen molar-refractivity contribution in [3.63, 3.8) is 0 Å². The molecule has 0 radical (unpaired) electrons. The van der Waals surface area contributed by atoms with Gasteiger partial charge in [0.15, 0.2) is 0 Å². The number of ketones is 1. The van der Waals surface area contributed by atoms with Gasteiger partial charge in [0.1, 0.15) is 5.82 Å². The van der Waals surface area contributed by atoms with E-state index >= 15 is 0 Å². The van der Waals surface area contributed by atoms with Crippen LogP contribution in [0.2, 0.25) is 0 Å². The maximum absolute atomic E-state index is 12.8. The molecule has 1 rings (SSSR count). The van der Waals surface area contributed by atoms with Gasteiger partial charge < -0.3 is 5.11 Å². The number of carboxylic acids is 1. The maximum atomic E-state index is 12.8. The first-order valence-electron chi connectivity index (χ1n) is 3.99. The summed E-state index contributed by atoms with van der Waals surface area (Å²) >= 11 is 0. The third-order valence-corrected chi connectivity index (χ3v) is 1.78. The van der Waals surface area contributed by atoms with Gasteiger partial charge in [-0.1, -0.05) is 0 Å². The molecule has 0 aliphatic carbocycles. The molecule has 76 valence electrons. The molecule has 0 aliphatic heterocycles. The Morgan fingerprint density at radius 1 is 1.47 bits per heavy atom. The second-order valence-electron chi connectivity index (χ2n) is 2.82. The summed E-state index contributed by atoms with van der Waals surface area (Å²) < 4.78 is 12.8. The van der Waals surface area contributed by atoms with Crippen LogP contribution in [0.5, 0.6) is 0 Å². The first-order chi connectivity index (χ1) is 7.04. The predicted octanol–water partition coefficient (Wildman–Crippen LogP) is 0.894. The maximum Gasteiger partial charge on any atom is 0.372 e. The lowest BCUT2D eigenvalue weighted by Gasteiger charge is -2.00. The second-order valence-corrected chi connectivity index (χ2v) is 2.82. The number of hydrogen-bond donors (Lipinski definition) is 1. The predicted molar refractivity (Wildman–Crippen MR) is 47.5 cm³/mol. The number of carbonyl (C=O) groups excluding carboxylic acids is 1. The van der Waals surface area contributed by atoms with Crippen molar-refractivity contribution in [2.24, 2.45) is 0 Å². The summed E-state index contributed by atoms with van der Waals surface area (Å²) in [5.41, 5.74) is 0.191. The molecular formula is C10H6FNO3. The topological polar surface area (TPSA) is 78.2 Å². The number of aliphatic carboxylic acids is 1. The Hall–Kier alpha value is -2.22. The van der Waals surface area contributed by atoms with E-state index in [1.165, 1.54) is 6.07 Å². The first-order valence-corrected chi connectivity index (χ1v) is 3.99. The monoisotopic (exact) mass is 207 g/mol. The standard InChI is InChI=1S/C10H6FNO3/c11-8-2-1-6(5-12)7(3-8)4-9(13)10(14)15/h1-3H,4H2,(H,14,15). The van der Waals surface area contributed by atoms with Crippen LogP contribution in [-0.2, 0) is 16.0 Å². The average molecular weight is 207 g/mol. The number of rotatable bonds is 3. The smallest absolute Gasteiger partial charge is 0.372 e. The van der Waals surface area contributed by atoms with E-state index in [4.69, 9.17) is 10.4 Å². The molecule has 5 heteroatoms. The minimum absolute atomic E-state index is 0.0879. The molecule has 0 spiro atoms. The zero-order chi connectivity index (χ0) is 11.4. The number of Topliss-reactive ketones (excluding diaryl/α,β-unsaturated/α-hetero) is 1. The molecule has 15 heavy (non-hydrogen) atoms. The summed E-state index contributed by atoms with van der Waals surface area (Å²) in [6, 6.07) is 5.03. The number of hydrogen-bond acceptors (Lipinski definition) is 3. The molecule has 0 fully saturated rings. The van der Waals surface area contributed by atoms with Crippen molar-refractivity contribution in [1.29, 1.82) is 5.26 Å². The highest BCUT2D eigenvalue weighted by Crippen LogP contribution is 2.11. The molecule has 1 aromatic rings. The van der Waals surface area contributed by atoms with E-state index in [1.54, 1.807) is 6.07 Å². The summed E-state index contributed by atoms with van der Waals surface area (Å²) in [5.74, 6) is -3.28. The van der Waals surface area contributed by atoms with Crippen LogP contribution in [0, 0.1) is 17.1 Å². The summed E-state index contributed by atoms with van der Waals surface area (Å²) in [4.78, 5) is 21.1. The largest absolute Gasteiger partial charge is 0.475 e. The summed E-state index contributed by atoms with van der Waals surface area (Å²) in [7, 11) is 0. The van der Waals surface area contributed by atoms with Crippen LogP contribution in [-0.4, -0.2) is 16.9 Å². The van der Waals surface area contributed by atoms with Crippen LogP contribution >= 0.6 is 0 Å². The lowest BCUT2D eigenvalue weighted by Crippen LogP contribution is -2.15. The van der Waals surface area contributed by atoms with E-state index in [2.05, 4.69) is 0 Å². The quantitative estimate of drug-likeness (QED) is 0.746. The summed E-state index contributed by atoms with van der Waals surface area (Å²) in [6.07, 6.45) is -0.476.